The molecule has 180 valence electrons. The molecular weight excluding hydrogens is 454 g/mol. The van der Waals surface area contributed by atoms with Crippen LogP contribution in [0.3, 0.4) is 0 Å². The maximum absolute atomic E-state index is 14.5. The first-order chi connectivity index (χ1) is 17.5. The van der Waals surface area contributed by atoms with Gasteiger partial charge in [-0.15, -0.1) is 0 Å². The lowest BCUT2D eigenvalue weighted by atomic mass is 9.57. The van der Waals surface area contributed by atoms with Crippen molar-refractivity contribution >= 4 is 29.0 Å². The Labute approximate surface area is 208 Å². The summed E-state index contributed by atoms with van der Waals surface area (Å²) in [6, 6.07) is 21.9. The molecular formula is C29H25N3O4. The first kappa shape index (κ1) is 21.3. The van der Waals surface area contributed by atoms with Crippen molar-refractivity contribution in [2.24, 2.45) is 5.92 Å². The molecule has 0 aromatic heterocycles. The third kappa shape index (κ3) is 2.29. The molecule has 3 aromatic rings. The van der Waals surface area contributed by atoms with Crippen LogP contribution in [0.2, 0.25) is 0 Å². The van der Waals surface area contributed by atoms with Crippen LogP contribution in [0.15, 0.2) is 72.8 Å². The molecule has 7 nitrogen and oxygen atoms in total. The number of carbonyl (C=O) groups excluding carboxylic acids is 3. The molecule has 1 unspecified atom stereocenters. The van der Waals surface area contributed by atoms with Crippen LogP contribution >= 0.6 is 0 Å². The first-order valence-electron chi connectivity index (χ1n) is 12.3. The van der Waals surface area contributed by atoms with Crippen LogP contribution in [-0.4, -0.2) is 42.2 Å². The Hall–Kier alpha value is -3.97. The van der Waals surface area contributed by atoms with Crippen molar-refractivity contribution in [2.75, 3.05) is 24.3 Å². The number of para-hydroxylation sites is 2. The maximum atomic E-state index is 14.5. The van der Waals surface area contributed by atoms with Gasteiger partial charge in [0.05, 0.1) is 13.0 Å². The molecule has 4 atom stereocenters. The molecule has 3 aromatic carbocycles. The molecule has 4 heterocycles. The minimum absolute atomic E-state index is 0.147. The van der Waals surface area contributed by atoms with Gasteiger partial charge in [-0.3, -0.25) is 19.3 Å². The number of fused-ring (bicyclic) bond motifs is 7. The van der Waals surface area contributed by atoms with Gasteiger partial charge < -0.3 is 15.4 Å². The zero-order valence-corrected chi connectivity index (χ0v) is 19.8. The van der Waals surface area contributed by atoms with Crippen LogP contribution in [-0.2, 0) is 20.5 Å². The summed E-state index contributed by atoms with van der Waals surface area (Å²) < 4.78 is 5.40. The number of benzene rings is 3. The van der Waals surface area contributed by atoms with Gasteiger partial charge in [-0.1, -0.05) is 48.5 Å². The Morgan fingerprint density at radius 2 is 1.61 bits per heavy atom. The number of anilines is 2. The Balaban J connectivity index is 1.57. The second-order valence-electron chi connectivity index (χ2n) is 9.99. The van der Waals surface area contributed by atoms with Crippen molar-refractivity contribution in [1.29, 1.82) is 0 Å². The number of carbonyl (C=O) groups is 3. The van der Waals surface area contributed by atoms with Crippen LogP contribution in [0.1, 0.15) is 34.3 Å². The highest BCUT2D eigenvalue weighted by atomic mass is 16.5. The Morgan fingerprint density at radius 3 is 2.39 bits per heavy atom. The van der Waals surface area contributed by atoms with Crippen molar-refractivity contribution in [1.82, 2.24) is 4.90 Å². The van der Waals surface area contributed by atoms with E-state index < -0.39 is 16.9 Å². The highest BCUT2D eigenvalue weighted by Crippen LogP contribution is 2.67. The van der Waals surface area contributed by atoms with E-state index in [4.69, 9.17) is 4.74 Å². The van der Waals surface area contributed by atoms with Gasteiger partial charge in [0.1, 0.15) is 16.7 Å². The molecule has 0 radical (unpaired) electrons. The predicted molar refractivity (Wildman–Crippen MR) is 134 cm³/mol. The number of hydrogen-bond acceptors (Lipinski definition) is 5. The normalized spacial score (nSPS) is 29.7. The van der Waals surface area contributed by atoms with E-state index in [2.05, 4.69) is 15.5 Å². The zero-order chi connectivity index (χ0) is 24.7. The van der Waals surface area contributed by atoms with E-state index >= 15 is 0 Å². The van der Waals surface area contributed by atoms with Crippen molar-refractivity contribution in [3.05, 3.63) is 89.5 Å². The number of amides is 2. The van der Waals surface area contributed by atoms with Crippen molar-refractivity contribution < 1.29 is 19.1 Å². The minimum atomic E-state index is -1.43. The van der Waals surface area contributed by atoms with Crippen LogP contribution < -0.4 is 15.4 Å². The van der Waals surface area contributed by atoms with Gasteiger partial charge in [-0.2, -0.15) is 0 Å². The fraction of sp³-hybridized carbons (Fsp3) is 0.276. The number of hydrogen-bond donors (Lipinski definition) is 2. The highest BCUT2D eigenvalue weighted by Gasteiger charge is 2.81. The fourth-order valence-corrected chi connectivity index (χ4v) is 7.49. The predicted octanol–water partition coefficient (Wildman–Crippen LogP) is 3.71. The molecule has 4 aliphatic rings. The van der Waals surface area contributed by atoms with Crippen molar-refractivity contribution in [3.63, 3.8) is 0 Å². The highest BCUT2D eigenvalue weighted by molar-refractivity contribution is 6.21. The van der Waals surface area contributed by atoms with Crippen LogP contribution in [0.5, 0.6) is 5.75 Å². The summed E-state index contributed by atoms with van der Waals surface area (Å²) in [6.07, 6.45) is 1.58. The number of nitrogens with zero attached hydrogens (tertiary/aromatic N) is 1. The summed E-state index contributed by atoms with van der Waals surface area (Å²) in [7, 11) is 1.56. The Morgan fingerprint density at radius 1 is 0.917 bits per heavy atom. The van der Waals surface area contributed by atoms with Gasteiger partial charge in [0.2, 0.25) is 5.91 Å². The van der Waals surface area contributed by atoms with Gasteiger partial charge in [0, 0.05) is 28.5 Å². The smallest absolute Gasteiger partial charge is 0.251 e. The first-order valence-corrected chi connectivity index (χ1v) is 12.3. The van der Waals surface area contributed by atoms with Crippen molar-refractivity contribution in [3.8, 4) is 5.75 Å². The SMILES string of the molecule is COc1cccc(C(=O)[C@@H]2C3CCCN3[C@@]3(C(=O)Nc4ccccc43)[C@@]23C(=O)Nc2ccccc23)c1. The molecule has 0 saturated carbocycles. The standard InChI is InChI=1S/C29H25N3O4/c1-36-18-9-6-8-17(16-18)25(33)24-23-14-7-15-32(23)29(20-11-3-5-13-22(20)31-27(29)35)28(24)19-10-2-4-12-21(19)30-26(28)34/h2-6,8-13,16,23-24H,7,14-15H2,1H3,(H,30,34)(H,31,35)/t23?,24-,28+,29-/m0/s1. The molecule has 2 N–H and O–H groups in total. The number of ketones is 1. The third-order valence-electron chi connectivity index (χ3n) is 8.64. The second-order valence-corrected chi connectivity index (χ2v) is 9.99. The summed E-state index contributed by atoms with van der Waals surface area (Å²) in [5, 5.41) is 6.13. The van der Waals surface area contributed by atoms with E-state index in [0.29, 0.717) is 34.8 Å². The van der Waals surface area contributed by atoms with Crippen LogP contribution in [0.4, 0.5) is 11.4 Å². The average Bonchev–Trinajstić information content (AvgIpc) is 3.62. The molecule has 7 heteroatoms. The molecule has 7 rings (SSSR count). The molecule has 2 saturated heterocycles. The largest absolute Gasteiger partial charge is 0.497 e. The molecule has 4 aliphatic heterocycles. The van der Waals surface area contributed by atoms with E-state index in [0.717, 1.165) is 18.4 Å². The van der Waals surface area contributed by atoms with Gasteiger partial charge in [-0.25, -0.2) is 0 Å². The second kappa shape index (κ2) is 7.27. The van der Waals surface area contributed by atoms with Crippen LogP contribution in [0, 0.1) is 5.92 Å². The zero-order valence-electron chi connectivity index (χ0n) is 19.8. The summed E-state index contributed by atoms with van der Waals surface area (Å²) in [4.78, 5) is 45.3. The molecule has 2 fully saturated rings. The topological polar surface area (TPSA) is 87.7 Å². The number of ether oxygens (including phenoxy) is 1. The van der Waals surface area contributed by atoms with Gasteiger partial charge in [0.15, 0.2) is 5.78 Å². The van der Waals surface area contributed by atoms with E-state index in [-0.39, 0.29) is 23.6 Å². The number of methoxy groups -OCH3 is 1. The molecule has 2 spiro atoms. The average molecular weight is 480 g/mol. The lowest BCUT2D eigenvalue weighted by molar-refractivity contribution is -0.137. The van der Waals surface area contributed by atoms with E-state index in [1.54, 1.807) is 31.4 Å². The molecule has 0 bridgehead atoms. The third-order valence-corrected chi connectivity index (χ3v) is 8.64. The van der Waals surface area contributed by atoms with Crippen molar-refractivity contribution in [2.45, 2.75) is 29.8 Å². The summed E-state index contributed by atoms with van der Waals surface area (Å²) in [6.45, 7) is 0.630. The van der Waals surface area contributed by atoms with E-state index in [1.165, 1.54) is 0 Å². The van der Waals surface area contributed by atoms with Gasteiger partial charge in [0.25, 0.3) is 5.91 Å². The minimum Gasteiger partial charge on any atom is -0.497 e. The monoisotopic (exact) mass is 479 g/mol. The number of rotatable bonds is 3. The molecule has 36 heavy (non-hydrogen) atoms. The lowest BCUT2D eigenvalue weighted by Crippen LogP contribution is -2.62. The molecule has 2 amide bonds. The van der Waals surface area contributed by atoms with Gasteiger partial charge in [-0.05, 0) is 49.2 Å². The van der Waals surface area contributed by atoms with Crippen LogP contribution in [0.25, 0.3) is 0 Å². The Bertz CT molecular complexity index is 1470. The summed E-state index contributed by atoms with van der Waals surface area (Å²) >= 11 is 0. The Kier molecular flexibility index (Phi) is 4.31. The number of Topliss-reactive ketones (excluding diaryl/α,β-unsaturated/α-hetero) is 1. The van der Waals surface area contributed by atoms with E-state index in [1.807, 2.05) is 48.5 Å². The summed E-state index contributed by atoms with van der Waals surface area (Å²) in [5.74, 6) is -0.875. The number of nitrogens with one attached hydrogen (secondary N) is 2. The molecule has 0 aliphatic carbocycles. The lowest BCUT2D eigenvalue weighted by Gasteiger charge is -2.43. The fourth-order valence-electron chi connectivity index (χ4n) is 7.49. The quantitative estimate of drug-likeness (QED) is 0.560. The maximum Gasteiger partial charge on any atom is 0.251 e. The van der Waals surface area contributed by atoms with E-state index in [9.17, 15) is 14.4 Å². The van der Waals surface area contributed by atoms with Gasteiger partial charge >= 0.3 is 0 Å². The summed E-state index contributed by atoms with van der Waals surface area (Å²) in [5.41, 5.74) is 0.535.